The summed E-state index contributed by atoms with van der Waals surface area (Å²) in [6, 6.07) is 74.9. The lowest BCUT2D eigenvalue weighted by Crippen LogP contribution is -2.34. The molecule has 0 bridgehead atoms. The molecule has 0 saturated heterocycles. The first kappa shape index (κ1) is 30.2. The van der Waals surface area contributed by atoms with Crippen molar-refractivity contribution in [2.75, 3.05) is 0 Å². The number of hydrogen-bond donors (Lipinski definition) is 1. The SMILES string of the molecule is Oc1c(C(c2ccccc2)(c2ccccc2)c2ccccc2)cc(C(c2ccccc2)(c2ccccc2)c2ccccc2)c2ccccc12. The number of phenolic OH excluding ortho intramolecular Hbond substituents is 1. The second-order valence-corrected chi connectivity index (χ2v) is 12.6. The molecule has 1 heteroatoms. The van der Waals surface area contributed by atoms with Crippen molar-refractivity contribution in [1.29, 1.82) is 0 Å². The summed E-state index contributed by atoms with van der Waals surface area (Å²) in [7, 11) is 0. The zero-order valence-electron chi connectivity index (χ0n) is 27.2. The van der Waals surface area contributed by atoms with Gasteiger partial charge < -0.3 is 5.11 Å². The lowest BCUT2D eigenvalue weighted by atomic mass is 9.60. The van der Waals surface area contributed by atoms with Crippen LogP contribution in [0.1, 0.15) is 44.5 Å². The molecule has 0 amide bonds. The minimum Gasteiger partial charge on any atom is -0.507 e. The molecule has 0 aliphatic heterocycles. The third-order valence-corrected chi connectivity index (χ3v) is 10.1. The van der Waals surface area contributed by atoms with Crippen LogP contribution >= 0.6 is 0 Å². The first-order valence-electron chi connectivity index (χ1n) is 16.8. The summed E-state index contributed by atoms with van der Waals surface area (Å²) in [5.74, 6) is 0.277. The molecule has 0 atom stereocenters. The van der Waals surface area contributed by atoms with Crippen LogP contribution in [-0.4, -0.2) is 5.11 Å². The first-order chi connectivity index (χ1) is 24.3. The van der Waals surface area contributed by atoms with E-state index in [4.69, 9.17) is 0 Å². The van der Waals surface area contributed by atoms with Crippen molar-refractivity contribution in [3.05, 3.63) is 257 Å². The van der Waals surface area contributed by atoms with E-state index in [1.54, 1.807) is 0 Å². The van der Waals surface area contributed by atoms with Gasteiger partial charge in [0.25, 0.3) is 0 Å². The predicted octanol–water partition coefficient (Wildman–Crippen LogP) is 11.3. The van der Waals surface area contributed by atoms with Crippen LogP contribution < -0.4 is 0 Å². The Morgan fingerprint density at radius 2 is 0.510 bits per heavy atom. The standard InChI is InChI=1S/C48H36O/c49-46-43-34-20-19-33-42(43)44(47(36-21-7-1-8-22-36,37-23-9-2-10-24-37)38-25-11-3-12-26-38)35-45(46)48(39-27-13-4-14-28-39,40-29-15-5-16-30-40)41-31-17-6-18-32-41/h1-35,49H. The van der Waals surface area contributed by atoms with Crippen LogP contribution in [0.2, 0.25) is 0 Å². The monoisotopic (exact) mass is 628 g/mol. The van der Waals surface area contributed by atoms with Crippen molar-refractivity contribution in [2.45, 2.75) is 10.8 Å². The molecule has 234 valence electrons. The summed E-state index contributed by atoms with van der Waals surface area (Å²) < 4.78 is 0. The quantitative estimate of drug-likeness (QED) is 0.166. The molecule has 0 spiro atoms. The maximum absolute atomic E-state index is 12.8. The maximum atomic E-state index is 12.8. The van der Waals surface area contributed by atoms with E-state index in [1.807, 2.05) is 6.07 Å². The fourth-order valence-electron chi connectivity index (χ4n) is 8.02. The van der Waals surface area contributed by atoms with Gasteiger partial charge >= 0.3 is 0 Å². The van der Waals surface area contributed by atoms with Gasteiger partial charge in [-0.3, -0.25) is 0 Å². The second kappa shape index (κ2) is 12.8. The van der Waals surface area contributed by atoms with Gasteiger partial charge in [0.2, 0.25) is 0 Å². The summed E-state index contributed by atoms with van der Waals surface area (Å²) in [6.07, 6.45) is 0. The van der Waals surface area contributed by atoms with E-state index in [-0.39, 0.29) is 5.75 Å². The summed E-state index contributed by atoms with van der Waals surface area (Å²) in [5, 5.41) is 14.6. The Kier molecular flexibility index (Phi) is 7.87. The molecule has 8 aromatic rings. The van der Waals surface area contributed by atoms with Gasteiger partial charge in [-0.2, -0.15) is 0 Å². The minimum atomic E-state index is -0.845. The highest BCUT2D eigenvalue weighted by Gasteiger charge is 2.45. The largest absolute Gasteiger partial charge is 0.507 e. The average molecular weight is 629 g/mol. The predicted molar refractivity (Wildman–Crippen MR) is 202 cm³/mol. The Labute approximate surface area is 288 Å². The Morgan fingerprint density at radius 3 is 0.816 bits per heavy atom. The van der Waals surface area contributed by atoms with Crippen LogP contribution in [0, 0.1) is 0 Å². The van der Waals surface area contributed by atoms with Crippen molar-refractivity contribution in [1.82, 2.24) is 0 Å². The number of phenols is 1. The molecule has 8 aromatic carbocycles. The summed E-state index contributed by atoms with van der Waals surface area (Å²) >= 11 is 0. The molecule has 0 aliphatic rings. The molecule has 0 heterocycles. The van der Waals surface area contributed by atoms with E-state index in [2.05, 4.69) is 206 Å². The average Bonchev–Trinajstić information content (AvgIpc) is 3.19. The molecule has 0 fully saturated rings. The lowest BCUT2D eigenvalue weighted by Gasteiger charge is -2.41. The molecule has 0 saturated carbocycles. The number of benzene rings is 8. The highest BCUT2D eigenvalue weighted by Crippen LogP contribution is 2.54. The van der Waals surface area contributed by atoms with Crippen LogP contribution in [0.3, 0.4) is 0 Å². The Hall–Kier alpha value is -6.18. The zero-order chi connectivity index (χ0) is 33.1. The van der Waals surface area contributed by atoms with Crippen LogP contribution in [0.25, 0.3) is 10.8 Å². The lowest BCUT2D eigenvalue weighted by molar-refractivity contribution is 0.466. The Morgan fingerprint density at radius 1 is 0.265 bits per heavy atom. The highest BCUT2D eigenvalue weighted by atomic mass is 16.3. The van der Waals surface area contributed by atoms with Gasteiger partial charge in [0.1, 0.15) is 5.75 Å². The van der Waals surface area contributed by atoms with Gasteiger partial charge in [-0.1, -0.05) is 206 Å². The van der Waals surface area contributed by atoms with E-state index in [0.29, 0.717) is 0 Å². The van der Waals surface area contributed by atoms with Crippen molar-refractivity contribution in [3.63, 3.8) is 0 Å². The third kappa shape index (κ3) is 4.86. The van der Waals surface area contributed by atoms with Crippen molar-refractivity contribution in [3.8, 4) is 5.75 Å². The summed E-state index contributed by atoms with van der Waals surface area (Å²) in [6.45, 7) is 0. The van der Waals surface area contributed by atoms with E-state index < -0.39 is 10.8 Å². The molecule has 1 nitrogen and oxygen atoms in total. The van der Waals surface area contributed by atoms with E-state index >= 15 is 0 Å². The maximum Gasteiger partial charge on any atom is 0.128 e. The van der Waals surface area contributed by atoms with Gasteiger partial charge in [-0.05, 0) is 50.4 Å². The first-order valence-corrected chi connectivity index (χ1v) is 16.8. The molecular formula is C48H36O. The Bertz CT molecular complexity index is 2110. The summed E-state index contributed by atoms with van der Waals surface area (Å²) in [5.41, 5.74) is 7.06. The van der Waals surface area contributed by atoms with Crippen molar-refractivity contribution in [2.24, 2.45) is 0 Å². The van der Waals surface area contributed by atoms with Crippen LogP contribution in [0.5, 0.6) is 5.75 Å². The second-order valence-electron chi connectivity index (χ2n) is 12.6. The summed E-state index contributed by atoms with van der Waals surface area (Å²) in [4.78, 5) is 0. The molecule has 0 aliphatic carbocycles. The number of rotatable bonds is 8. The van der Waals surface area contributed by atoms with E-state index in [9.17, 15) is 5.11 Å². The normalized spacial score (nSPS) is 11.8. The van der Waals surface area contributed by atoms with Crippen LogP contribution in [0.4, 0.5) is 0 Å². The topological polar surface area (TPSA) is 20.2 Å². The van der Waals surface area contributed by atoms with Gasteiger partial charge in [-0.15, -0.1) is 0 Å². The third-order valence-electron chi connectivity index (χ3n) is 10.1. The fraction of sp³-hybridized carbons (Fsp3) is 0.0417. The van der Waals surface area contributed by atoms with Gasteiger partial charge in [0.05, 0.1) is 10.8 Å². The highest BCUT2D eigenvalue weighted by molar-refractivity contribution is 5.96. The molecule has 8 rings (SSSR count). The minimum absolute atomic E-state index is 0.277. The molecule has 1 N–H and O–H groups in total. The molecule has 0 radical (unpaired) electrons. The van der Waals surface area contributed by atoms with Gasteiger partial charge in [-0.25, -0.2) is 0 Å². The van der Waals surface area contributed by atoms with Crippen molar-refractivity contribution >= 4 is 10.8 Å². The smallest absolute Gasteiger partial charge is 0.128 e. The fourth-order valence-corrected chi connectivity index (χ4v) is 8.02. The van der Waals surface area contributed by atoms with Crippen molar-refractivity contribution < 1.29 is 5.11 Å². The molecular weight excluding hydrogens is 593 g/mol. The van der Waals surface area contributed by atoms with E-state index in [1.165, 1.54) is 0 Å². The van der Waals surface area contributed by atoms with E-state index in [0.717, 1.165) is 55.3 Å². The number of aromatic hydroxyl groups is 1. The van der Waals surface area contributed by atoms with Crippen LogP contribution in [-0.2, 0) is 10.8 Å². The number of fused-ring (bicyclic) bond motifs is 1. The van der Waals surface area contributed by atoms with Gasteiger partial charge in [0.15, 0.2) is 0 Å². The Balaban J connectivity index is 1.62. The van der Waals surface area contributed by atoms with Crippen LogP contribution in [0.15, 0.2) is 212 Å². The van der Waals surface area contributed by atoms with Gasteiger partial charge in [0, 0.05) is 10.9 Å². The number of hydrogen-bond acceptors (Lipinski definition) is 1. The molecule has 0 aromatic heterocycles. The molecule has 0 unspecified atom stereocenters. The zero-order valence-corrected chi connectivity index (χ0v) is 27.2. The molecule has 49 heavy (non-hydrogen) atoms.